The van der Waals surface area contributed by atoms with E-state index in [2.05, 4.69) is 133 Å². The molecule has 0 saturated carbocycles. The van der Waals surface area contributed by atoms with Crippen molar-refractivity contribution in [1.29, 1.82) is 0 Å². The Labute approximate surface area is 236 Å². The van der Waals surface area contributed by atoms with Crippen molar-refractivity contribution in [2.24, 2.45) is 0 Å². The fourth-order valence-corrected chi connectivity index (χ4v) is 6.64. The van der Waals surface area contributed by atoms with E-state index in [0.717, 1.165) is 55.0 Å². The van der Waals surface area contributed by atoms with Crippen LogP contribution in [0.3, 0.4) is 0 Å². The lowest BCUT2D eigenvalue weighted by Crippen LogP contribution is -1.93. The van der Waals surface area contributed by atoms with Crippen molar-refractivity contribution >= 4 is 65.2 Å². The van der Waals surface area contributed by atoms with E-state index in [1.165, 1.54) is 32.5 Å². The van der Waals surface area contributed by atoms with Crippen LogP contribution in [-0.2, 0) is 0 Å². The molecule has 0 fully saturated rings. The molecule has 0 aliphatic rings. The number of para-hydroxylation sites is 2. The molecular weight excluding hydrogens is 498 g/mol. The van der Waals surface area contributed by atoms with Crippen LogP contribution in [0.2, 0.25) is 0 Å². The Kier molecular flexibility index (Phi) is 4.64. The summed E-state index contributed by atoms with van der Waals surface area (Å²) in [7, 11) is 0. The minimum Gasteiger partial charge on any atom is -0.456 e. The average molecular weight is 522 g/mol. The van der Waals surface area contributed by atoms with Crippen molar-refractivity contribution in [1.82, 2.24) is 4.98 Å². The van der Waals surface area contributed by atoms with E-state index in [0.29, 0.717) is 0 Å². The van der Waals surface area contributed by atoms with Gasteiger partial charge in [-0.2, -0.15) is 0 Å². The van der Waals surface area contributed by atoms with E-state index in [9.17, 15) is 0 Å². The van der Waals surface area contributed by atoms with Crippen LogP contribution in [0.4, 0.5) is 0 Å². The van der Waals surface area contributed by atoms with Gasteiger partial charge in [-0.3, -0.25) is 0 Å². The van der Waals surface area contributed by atoms with Crippen molar-refractivity contribution in [3.05, 3.63) is 140 Å². The van der Waals surface area contributed by atoms with E-state index < -0.39 is 0 Å². The average Bonchev–Trinajstić information content (AvgIpc) is 3.43. The Morgan fingerprint density at radius 3 is 2.00 bits per heavy atom. The molecule has 0 bridgehead atoms. The molecule has 0 unspecified atom stereocenters. The van der Waals surface area contributed by atoms with Crippen molar-refractivity contribution in [3.8, 4) is 22.4 Å². The van der Waals surface area contributed by atoms with Gasteiger partial charge in [0.05, 0.1) is 11.2 Å². The minimum atomic E-state index is 0.895. The summed E-state index contributed by atoms with van der Waals surface area (Å²) in [4.78, 5) is 5.48. The molecule has 0 saturated heterocycles. The zero-order valence-corrected chi connectivity index (χ0v) is 22.1. The number of nitrogens with zero attached hydrogens (tertiary/aromatic N) is 1. The highest BCUT2D eigenvalue weighted by atomic mass is 16.3. The van der Waals surface area contributed by atoms with Gasteiger partial charge in [-0.05, 0) is 51.4 Å². The lowest BCUT2D eigenvalue weighted by Gasteiger charge is -2.16. The number of aromatic nitrogens is 1. The van der Waals surface area contributed by atoms with E-state index in [-0.39, 0.29) is 0 Å². The van der Waals surface area contributed by atoms with Gasteiger partial charge < -0.3 is 4.42 Å². The molecule has 0 aliphatic heterocycles. The highest BCUT2D eigenvalue weighted by Crippen LogP contribution is 2.44. The molecule has 9 aromatic rings. The third-order valence-corrected chi connectivity index (χ3v) is 8.43. The zero-order chi connectivity index (χ0) is 26.9. The van der Waals surface area contributed by atoms with Crippen LogP contribution in [0.25, 0.3) is 87.5 Å². The van der Waals surface area contributed by atoms with Gasteiger partial charge in [0, 0.05) is 38.1 Å². The minimum absolute atomic E-state index is 0.895. The molecule has 0 N–H and O–H groups in total. The topological polar surface area (TPSA) is 26.0 Å². The molecule has 2 heteroatoms. The largest absolute Gasteiger partial charge is 0.456 e. The predicted molar refractivity (Wildman–Crippen MR) is 172 cm³/mol. The first kappa shape index (κ1) is 22.4. The predicted octanol–water partition coefficient (Wildman–Crippen LogP) is 10.9. The summed E-state index contributed by atoms with van der Waals surface area (Å²) in [5.74, 6) is 0. The van der Waals surface area contributed by atoms with Crippen molar-refractivity contribution in [3.63, 3.8) is 0 Å². The second-order valence-electron chi connectivity index (χ2n) is 10.7. The summed E-state index contributed by atoms with van der Waals surface area (Å²) >= 11 is 0. The smallest absolute Gasteiger partial charge is 0.136 e. The van der Waals surface area contributed by atoms with Gasteiger partial charge in [0.25, 0.3) is 0 Å². The van der Waals surface area contributed by atoms with E-state index in [1.807, 2.05) is 6.07 Å². The zero-order valence-electron chi connectivity index (χ0n) is 22.1. The Bertz CT molecular complexity index is 2470. The molecule has 0 atom stereocenters. The van der Waals surface area contributed by atoms with Crippen LogP contribution in [0.5, 0.6) is 0 Å². The standard InChI is InChI=1S/C39H23NO/c1-2-11-24(12-3-1)38-32-21-22-35-37(30-17-8-9-20-34(30)41-35)36(32)31-19-10-18-29(39(31)40-38)33-23-25-13-4-5-14-26(25)27-15-6-7-16-28(27)33/h1-23H. The van der Waals surface area contributed by atoms with Gasteiger partial charge in [0.1, 0.15) is 11.2 Å². The van der Waals surface area contributed by atoms with Crippen LogP contribution in [0.15, 0.2) is 144 Å². The number of benzene rings is 7. The Balaban J connectivity index is 1.51. The lowest BCUT2D eigenvalue weighted by molar-refractivity contribution is 0.669. The molecule has 0 aliphatic carbocycles. The number of fused-ring (bicyclic) bond motifs is 10. The molecule has 2 aromatic heterocycles. The van der Waals surface area contributed by atoms with Crippen LogP contribution in [0.1, 0.15) is 0 Å². The first-order chi connectivity index (χ1) is 20.3. The molecule has 0 radical (unpaired) electrons. The first-order valence-corrected chi connectivity index (χ1v) is 14.0. The van der Waals surface area contributed by atoms with Gasteiger partial charge in [-0.25, -0.2) is 4.98 Å². The highest BCUT2D eigenvalue weighted by Gasteiger charge is 2.20. The quantitative estimate of drug-likeness (QED) is 0.211. The van der Waals surface area contributed by atoms with Gasteiger partial charge >= 0.3 is 0 Å². The van der Waals surface area contributed by atoms with Crippen molar-refractivity contribution in [2.45, 2.75) is 0 Å². The molecule has 2 heterocycles. The molecule has 0 spiro atoms. The van der Waals surface area contributed by atoms with Crippen molar-refractivity contribution < 1.29 is 4.42 Å². The second kappa shape index (κ2) is 8.51. The monoisotopic (exact) mass is 521 g/mol. The van der Waals surface area contributed by atoms with Crippen molar-refractivity contribution in [2.75, 3.05) is 0 Å². The van der Waals surface area contributed by atoms with E-state index in [1.54, 1.807) is 0 Å². The summed E-state index contributed by atoms with van der Waals surface area (Å²) in [6.07, 6.45) is 0. The Morgan fingerprint density at radius 1 is 0.415 bits per heavy atom. The maximum atomic E-state index is 6.36. The van der Waals surface area contributed by atoms with Crippen LogP contribution in [0, 0.1) is 0 Å². The van der Waals surface area contributed by atoms with Crippen LogP contribution >= 0.6 is 0 Å². The molecule has 190 valence electrons. The molecule has 9 rings (SSSR count). The highest BCUT2D eigenvalue weighted by molar-refractivity contribution is 6.29. The van der Waals surface area contributed by atoms with E-state index >= 15 is 0 Å². The molecular formula is C39H23NO. The summed E-state index contributed by atoms with van der Waals surface area (Å²) in [5, 5.41) is 10.7. The summed E-state index contributed by atoms with van der Waals surface area (Å²) < 4.78 is 6.36. The third-order valence-electron chi connectivity index (χ3n) is 8.43. The molecule has 7 aromatic carbocycles. The van der Waals surface area contributed by atoms with Crippen LogP contribution in [-0.4, -0.2) is 4.98 Å². The first-order valence-electron chi connectivity index (χ1n) is 14.0. The summed E-state index contributed by atoms with van der Waals surface area (Å²) in [6, 6.07) is 49.4. The lowest BCUT2D eigenvalue weighted by atomic mass is 9.90. The molecule has 0 amide bonds. The Morgan fingerprint density at radius 2 is 1.12 bits per heavy atom. The van der Waals surface area contributed by atoms with Crippen LogP contribution < -0.4 is 0 Å². The molecule has 41 heavy (non-hydrogen) atoms. The number of rotatable bonds is 2. The third kappa shape index (κ3) is 3.22. The van der Waals surface area contributed by atoms with Gasteiger partial charge in [0.15, 0.2) is 0 Å². The fraction of sp³-hybridized carbons (Fsp3) is 0. The summed E-state index contributed by atoms with van der Waals surface area (Å²) in [6.45, 7) is 0. The number of pyridine rings is 1. The normalized spacial score (nSPS) is 11.9. The molecule has 2 nitrogen and oxygen atoms in total. The number of hydrogen-bond acceptors (Lipinski definition) is 2. The fourth-order valence-electron chi connectivity index (χ4n) is 6.64. The summed E-state index contributed by atoms with van der Waals surface area (Å²) in [5.41, 5.74) is 7.21. The maximum Gasteiger partial charge on any atom is 0.136 e. The number of furan rings is 1. The van der Waals surface area contributed by atoms with Gasteiger partial charge in [0.2, 0.25) is 0 Å². The van der Waals surface area contributed by atoms with Gasteiger partial charge in [-0.15, -0.1) is 0 Å². The number of hydrogen-bond donors (Lipinski definition) is 0. The maximum absolute atomic E-state index is 6.36. The second-order valence-corrected chi connectivity index (χ2v) is 10.7. The SMILES string of the molecule is c1ccc(-c2nc3c(-c4cc5ccccc5c5ccccc45)cccc3c3c2ccc2oc4ccccc4c23)cc1. The van der Waals surface area contributed by atoms with E-state index in [4.69, 9.17) is 9.40 Å². The Hall–Kier alpha value is -5.47. The van der Waals surface area contributed by atoms with Gasteiger partial charge in [-0.1, -0.05) is 115 Å².